The Balaban J connectivity index is 1.25. The first-order valence-corrected chi connectivity index (χ1v) is 8.27. The van der Waals surface area contributed by atoms with Crippen molar-refractivity contribution in [2.24, 2.45) is 41.2 Å². The maximum Gasteiger partial charge on any atom is 0.223 e. The van der Waals surface area contributed by atoms with Crippen molar-refractivity contribution in [3.8, 4) is 0 Å². The molecule has 0 heterocycles. The fourth-order valence-electron chi connectivity index (χ4n) is 5.43. The van der Waals surface area contributed by atoms with Crippen LogP contribution in [0.3, 0.4) is 0 Å². The van der Waals surface area contributed by atoms with Crippen LogP contribution in [0.1, 0.15) is 44.9 Å². The standard InChI is InChI=1S/C16H26N2O/c17-12-5-1-9(2-6-12)8-18-16(19)15-13-10-3-4-11(7-10)14(13)15/h9-15H,1-8,17H2,(H,18,19). The van der Waals surface area contributed by atoms with Gasteiger partial charge in [-0.15, -0.1) is 0 Å². The zero-order valence-electron chi connectivity index (χ0n) is 11.7. The molecular formula is C16H26N2O. The molecule has 0 aromatic rings. The van der Waals surface area contributed by atoms with Crippen LogP contribution in [0.25, 0.3) is 0 Å². The van der Waals surface area contributed by atoms with E-state index in [9.17, 15) is 4.79 Å². The summed E-state index contributed by atoms with van der Waals surface area (Å²) in [4.78, 5) is 12.3. The average Bonchev–Trinajstić information content (AvgIpc) is 2.86. The summed E-state index contributed by atoms with van der Waals surface area (Å²) in [7, 11) is 0. The lowest BCUT2D eigenvalue weighted by atomic mass is 9.86. The quantitative estimate of drug-likeness (QED) is 0.816. The fraction of sp³-hybridized carbons (Fsp3) is 0.938. The summed E-state index contributed by atoms with van der Waals surface area (Å²) in [5, 5.41) is 3.25. The lowest BCUT2D eigenvalue weighted by molar-refractivity contribution is -0.123. The molecule has 1 amide bonds. The molecule has 2 bridgehead atoms. The van der Waals surface area contributed by atoms with Crippen LogP contribution < -0.4 is 11.1 Å². The number of carbonyl (C=O) groups excluding carboxylic acids is 1. The van der Waals surface area contributed by atoms with E-state index in [0.29, 0.717) is 23.8 Å². The van der Waals surface area contributed by atoms with Gasteiger partial charge in [0, 0.05) is 18.5 Å². The van der Waals surface area contributed by atoms with Gasteiger partial charge >= 0.3 is 0 Å². The molecule has 3 heteroatoms. The summed E-state index contributed by atoms with van der Waals surface area (Å²) < 4.78 is 0. The van der Waals surface area contributed by atoms with Crippen LogP contribution in [-0.4, -0.2) is 18.5 Å². The number of nitrogens with one attached hydrogen (secondary N) is 1. The van der Waals surface area contributed by atoms with Gasteiger partial charge in [0.2, 0.25) is 5.91 Å². The zero-order chi connectivity index (χ0) is 13.0. The van der Waals surface area contributed by atoms with Crippen molar-refractivity contribution >= 4 is 5.91 Å². The van der Waals surface area contributed by atoms with E-state index < -0.39 is 0 Å². The normalized spacial score (nSPS) is 50.9. The molecule has 19 heavy (non-hydrogen) atoms. The number of hydrogen-bond acceptors (Lipinski definition) is 2. The Morgan fingerprint density at radius 2 is 1.63 bits per heavy atom. The Kier molecular flexibility index (Phi) is 2.87. The molecule has 3 N–H and O–H groups in total. The highest BCUT2D eigenvalue weighted by Gasteiger charge is 2.67. The maximum atomic E-state index is 12.3. The minimum atomic E-state index is 0.376. The van der Waals surface area contributed by atoms with Crippen LogP contribution >= 0.6 is 0 Å². The number of hydrogen-bond donors (Lipinski definition) is 2. The molecule has 0 radical (unpaired) electrons. The average molecular weight is 262 g/mol. The topological polar surface area (TPSA) is 55.1 Å². The summed E-state index contributed by atoms with van der Waals surface area (Å²) in [6.45, 7) is 0.900. The zero-order valence-corrected chi connectivity index (χ0v) is 11.7. The molecule has 3 nitrogen and oxygen atoms in total. The third-order valence-electron chi connectivity index (χ3n) is 6.49. The number of rotatable bonds is 3. The van der Waals surface area contributed by atoms with E-state index in [1.165, 1.54) is 32.1 Å². The van der Waals surface area contributed by atoms with Gasteiger partial charge in [0.25, 0.3) is 0 Å². The number of fused-ring (bicyclic) bond motifs is 5. The van der Waals surface area contributed by atoms with E-state index >= 15 is 0 Å². The molecule has 4 aliphatic rings. The molecule has 4 atom stereocenters. The van der Waals surface area contributed by atoms with Crippen molar-refractivity contribution in [1.82, 2.24) is 5.32 Å². The highest BCUT2D eigenvalue weighted by Crippen LogP contribution is 2.69. The number of amides is 1. The van der Waals surface area contributed by atoms with Crippen molar-refractivity contribution in [1.29, 1.82) is 0 Å². The Hall–Kier alpha value is -0.570. The highest BCUT2D eigenvalue weighted by atomic mass is 16.2. The van der Waals surface area contributed by atoms with Crippen molar-refractivity contribution in [2.45, 2.75) is 51.0 Å². The Morgan fingerprint density at radius 1 is 1.00 bits per heavy atom. The van der Waals surface area contributed by atoms with Crippen LogP contribution in [-0.2, 0) is 4.79 Å². The van der Waals surface area contributed by atoms with Gasteiger partial charge in [-0.3, -0.25) is 4.79 Å². The van der Waals surface area contributed by atoms with Crippen LogP contribution in [0, 0.1) is 35.5 Å². The monoisotopic (exact) mass is 262 g/mol. The first kappa shape index (κ1) is 12.2. The predicted molar refractivity (Wildman–Crippen MR) is 74.2 cm³/mol. The van der Waals surface area contributed by atoms with Crippen LogP contribution in [0.4, 0.5) is 0 Å². The first-order valence-electron chi connectivity index (χ1n) is 8.27. The summed E-state index contributed by atoms with van der Waals surface area (Å²) >= 11 is 0. The van der Waals surface area contributed by atoms with E-state index in [2.05, 4.69) is 5.32 Å². The molecule has 4 unspecified atom stereocenters. The summed E-state index contributed by atoms with van der Waals surface area (Å²) in [6.07, 6.45) is 8.90. The van der Waals surface area contributed by atoms with Gasteiger partial charge < -0.3 is 11.1 Å². The predicted octanol–water partition coefficient (Wildman–Crippen LogP) is 1.91. The first-order chi connectivity index (χ1) is 9.24. The van der Waals surface area contributed by atoms with Gasteiger partial charge in [0.1, 0.15) is 0 Å². The molecule has 4 saturated carbocycles. The lowest BCUT2D eigenvalue weighted by Gasteiger charge is -2.26. The van der Waals surface area contributed by atoms with Crippen LogP contribution in [0.2, 0.25) is 0 Å². The second kappa shape index (κ2) is 4.47. The second-order valence-corrected chi connectivity index (χ2v) is 7.54. The van der Waals surface area contributed by atoms with Crippen molar-refractivity contribution in [2.75, 3.05) is 6.54 Å². The Labute approximate surface area is 115 Å². The molecule has 0 saturated heterocycles. The maximum absolute atomic E-state index is 12.3. The summed E-state index contributed by atoms with van der Waals surface area (Å²) in [5.41, 5.74) is 5.92. The van der Waals surface area contributed by atoms with Gasteiger partial charge in [-0.2, -0.15) is 0 Å². The van der Waals surface area contributed by atoms with Crippen molar-refractivity contribution < 1.29 is 4.79 Å². The van der Waals surface area contributed by atoms with Crippen LogP contribution in [0.5, 0.6) is 0 Å². The Morgan fingerprint density at radius 3 is 2.26 bits per heavy atom. The van der Waals surface area contributed by atoms with E-state index in [-0.39, 0.29) is 0 Å². The summed E-state index contributed by atoms with van der Waals surface area (Å²) in [5.74, 6) is 4.81. The molecule has 4 fully saturated rings. The summed E-state index contributed by atoms with van der Waals surface area (Å²) in [6, 6.07) is 0.408. The largest absolute Gasteiger partial charge is 0.356 e. The van der Waals surface area contributed by atoms with Crippen LogP contribution in [0.15, 0.2) is 0 Å². The molecule has 0 spiro atoms. The van der Waals surface area contributed by atoms with Gasteiger partial charge in [0.15, 0.2) is 0 Å². The third-order valence-corrected chi connectivity index (χ3v) is 6.49. The molecule has 0 aromatic carbocycles. The molecule has 0 aliphatic heterocycles. The smallest absolute Gasteiger partial charge is 0.223 e. The number of nitrogens with two attached hydrogens (primary N) is 1. The van der Waals surface area contributed by atoms with Gasteiger partial charge in [0.05, 0.1) is 0 Å². The SMILES string of the molecule is NC1CCC(CNC(=O)C2C3C4CCC(C4)C23)CC1. The molecule has 4 rings (SSSR count). The molecular weight excluding hydrogens is 236 g/mol. The van der Waals surface area contributed by atoms with Gasteiger partial charge in [-0.25, -0.2) is 0 Å². The van der Waals surface area contributed by atoms with Gasteiger partial charge in [-0.05, 0) is 74.5 Å². The second-order valence-electron chi connectivity index (χ2n) is 7.54. The lowest BCUT2D eigenvalue weighted by Crippen LogP contribution is -2.35. The van der Waals surface area contributed by atoms with E-state index in [1.807, 2.05) is 0 Å². The van der Waals surface area contributed by atoms with E-state index in [4.69, 9.17) is 5.73 Å². The number of carbonyl (C=O) groups is 1. The van der Waals surface area contributed by atoms with E-state index in [1.54, 1.807) is 0 Å². The molecule has 106 valence electrons. The molecule has 4 aliphatic carbocycles. The minimum Gasteiger partial charge on any atom is -0.356 e. The molecule has 0 aromatic heterocycles. The minimum absolute atomic E-state index is 0.376. The highest BCUT2D eigenvalue weighted by molar-refractivity contribution is 5.82. The third kappa shape index (κ3) is 2.01. The Bertz CT molecular complexity index is 359. The van der Waals surface area contributed by atoms with Gasteiger partial charge in [-0.1, -0.05) is 0 Å². The van der Waals surface area contributed by atoms with E-state index in [0.717, 1.165) is 43.1 Å². The van der Waals surface area contributed by atoms with Crippen molar-refractivity contribution in [3.05, 3.63) is 0 Å². The van der Waals surface area contributed by atoms with Crippen molar-refractivity contribution in [3.63, 3.8) is 0 Å². The fourth-order valence-corrected chi connectivity index (χ4v) is 5.43.